The molecule has 0 aromatic carbocycles. The third kappa shape index (κ3) is 22.5. The average Bonchev–Trinajstić information content (AvgIpc) is 2.67. The van der Waals surface area contributed by atoms with Gasteiger partial charge in [-0.1, -0.05) is 130 Å². The topological polar surface area (TPSA) is 0 Å². The highest BCUT2D eigenvalue weighted by Crippen LogP contribution is 2.17. The molecule has 0 aliphatic heterocycles. The smallest absolute Gasteiger partial charge is 0.0808 e. The van der Waals surface area contributed by atoms with Crippen molar-refractivity contribution in [3.63, 3.8) is 0 Å². The lowest BCUT2D eigenvalue weighted by molar-refractivity contribution is -0.893. The molecule has 0 N–H and O–H groups in total. The van der Waals surface area contributed by atoms with E-state index in [0.29, 0.717) is 0 Å². The molecule has 29 heavy (non-hydrogen) atoms. The van der Waals surface area contributed by atoms with Crippen molar-refractivity contribution < 1.29 is 4.48 Å². The first-order valence-corrected chi connectivity index (χ1v) is 13.8. The summed E-state index contributed by atoms with van der Waals surface area (Å²) in [6.45, 7) is 9.84. The molecule has 0 aromatic rings. The molecule has 0 aromatic heterocycles. The van der Waals surface area contributed by atoms with Crippen LogP contribution < -0.4 is 0 Å². The minimum Gasteiger partial charge on any atom is -0.328 e. The molecule has 0 aliphatic carbocycles. The number of unbranched alkanes of at least 4 members (excludes halogenated alkanes) is 17. The lowest BCUT2D eigenvalue weighted by atomic mass is 10.00. The highest BCUT2D eigenvalue weighted by atomic mass is 15.3. The minimum atomic E-state index is 0.887. The average molecular weight is 411 g/mol. The van der Waals surface area contributed by atoms with Crippen LogP contribution in [0.5, 0.6) is 0 Å². The van der Waals surface area contributed by atoms with Crippen LogP contribution in [-0.4, -0.2) is 31.7 Å². The second-order valence-electron chi connectivity index (χ2n) is 10.7. The van der Waals surface area contributed by atoms with Crippen molar-refractivity contribution in [1.82, 2.24) is 0 Å². The Hall–Kier alpha value is -0.0400. The number of rotatable bonds is 23. The molecule has 0 spiro atoms. The van der Waals surface area contributed by atoms with Gasteiger partial charge in [0.2, 0.25) is 0 Å². The third-order valence-corrected chi connectivity index (χ3v) is 6.72. The molecule has 0 heterocycles. The van der Waals surface area contributed by atoms with E-state index < -0.39 is 0 Å². The molecule has 0 aliphatic rings. The molecule has 0 saturated heterocycles. The van der Waals surface area contributed by atoms with Gasteiger partial charge in [0.25, 0.3) is 0 Å². The van der Waals surface area contributed by atoms with Gasteiger partial charge < -0.3 is 4.48 Å². The van der Waals surface area contributed by atoms with Gasteiger partial charge in [-0.25, -0.2) is 0 Å². The van der Waals surface area contributed by atoms with E-state index in [1.807, 2.05) is 0 Å². The molecule has 1 atom stereocenters. The summed E-state index contributed by atoms with van der Waals surface area (Å²) in [5, 5.41) is 0. The Kier molecular flexibility index (Phi) is 21.2. The lowest BCUT2D eigenvalue weighted by Crippen LogP contribution is -2.43. The van der Waals surface area contributed by atoms with E-state index in [2.05, 4.69) is 34.9 Å². The molecular weight excluding hydrogens is 350 g/mol. The van der Waals surface area contributed by atoms with Crippen LogP contribution in [0.15, 0.2) is 0 Å². The van der Waals surface area contributed by atoms with Crippen LogP contribution >= 0.6 is 0 Å². The second-order valence-corrected chi connectivity index (χ2v) is 10.7. The molecule has 0 rings (SSSR count). The zero-order valence-corrected chi connectivity index (χ0v) is 21.6. The van der Waals surface area contributed by atoms with Crippen LogP contribution in [0.3, 0.4) is 0 Å². The van der Waals surface area contributed by atoms with E-state index in [-0.39, 0.29) is 0 Å². The van der Waals surface area contributed by atoms with Crippen LogP contribution in [0.2, 0.25) is 0 Å². The predicted octanol–water partition coefficient (Wildman–Crippen LogP) is 9.54. The van der Waals surface area contributed by atoms with E-state index in [0.717, 1.165) is 5.92 Å². The summed E-state index contributed by atoms with van der Waals surface area (Å²) in [7, 11) is 4.92. The van der Waals surface area contributed by atoms with Crippen molar-refractivity contribution in [2.24, 2.45) is 5.92 Å². The Labute approximate surface area is 187 Å². The van der Waals surface area contributed by atoms with Gasteiger partial charge in [-0.05, 0) is 19.3 Å². The van der Waals surface area contributed by atoms with Gasteiger partial charge in [0.15, 0.2) is 0 Å². The fourth-order valence-electron chi connectivity index (χ4n) is 4.86. The minimum absolute atomic E-state index is 0.887. The second kappa shape index (κ2) is 21.2. The molecule has 0 amide bonds. The van der Waals surface area contributed by atoms with Crippen molar-refractivity contribution in [3.05, 3.63) is 0 Å². The van der Waals surface area contributed by atoms with Gasteiger partial charge in [0, 0.05) is 5.92 Å². The van der Waals surface area contributed by atoms with Gasteiger partial charge in [0.1, 0.15) is 0 Å². The Bertz CT molecular complexity index is 309. The van der Waals surface area contributed by atoms with Crippen molar-refractivity contribution in [3.8, 4) is 0 Å². The first-order chi connectivity index (χ1) is 14.0. The number of nitrogens with zero attached hydrogens (tertiary/aromatic N) is 1. The zero-order chi connectivity index (χ0) is 21.6. The van der Waals surface area contributed by atoms with E-state index in [1.165, 1.54) is 146 Å². The number of quaternary nitrogens is 1. The van der Waals surface area contributed by atoms with Crippen LogP contribution in [0.1, 0.15) is 149 Å². The molecule has 0 radical (unpaired) electrons. The van der Waals surface area contributed by atoms with E-state index in [1.54, 1.807) is 0 Å². The van der Waals surface area contributed by atoms with Crippen molar-refractivity contribution in [2.45, 2.75) is 149 Å². The predicted molar refractivity (Wildman–Crippen MR) is 135 cm³/mol. The molecule has 0 saturated carbocycles. The largest absolute Gasteiger partial charge is 0.328 e. The summed E-state index contributed by atoms with van der Waals surface area (Å²) in [5.74, 6) is 0.887. The van der Waals surface area contributed by atoms with Crippen LogP contribution in [0, 0.1) is 5.92 Å². The summed E-state index contributed by atoms with van der Waals surface area (Å²) in [6, 6.07) is 0. The molecule has 1 nitrogen and oxygen atoms in total. The first kappa shape index (κ1) is 29.0. The fraction of sp³-hybridized carbons (Fsp3) is 1.00. The highest BCUT2D eigenvalue weighted by molar-refractivity contribution is 4.55. The summed E-state index contributed by atoms with van der Waals surface area (Å²) in [4.78, 5) is 0. The Morgan fingerprint density at radius 2 is 0.828 bits per heavy atom. The number of hydrogen-bond acceptors (Lipinski definition) is 0. The van der Waals surface area contributed by atoms with Gasteiger partial charge in [0.05, 0.1) is 27.2 Å². The zero-order valence-electron chi connectivity index (χ0n) is 21.6. The molecule has 0 bridgehead atoms. The van der Waals surface area contributed by atoms with Crippen LogP contribution in [0.25, 0.3) is 0 Å². The highest BCUT2D eigenvalue weighted by Gasteiger charge is 2.18. The quantitative estimate of drug-likeness (QED) is 0.116. The first-order valence-electron chi connectivity index (χ1n) is 13.8. The lowest BCUT2D eigenvalue weighted by Gasteiger charge is -2.32. The fourth-order valence-corrected chi connectivity index (χ4v) is 4.86. The molecular formula is C28H60N+. The van der Waals surface area contributed by atoms with Crippen molar-refractivity contribution in [2.75, 3.05) is 27.2 Å². The van der Waals surface area contributed by atoms with E-state index >= 15 is 0 Å². The standard InChI is InChI=1S/C28H60N/c1-6-8-10-12-14-16-17-18-20-22-24-26-29(4,5)27-28(3)25-23-21-19-15-13-11-9-7-2/h28H,6-27H2,1-5H3/q+1. The summed E-state index contributed by atoms with van der Waals surface area (Å²) >= 11 is 0. The SMILES string of the molecule is CCCCCCCCCCCCC[N+](C)(C)CC(C)CCCCCCCCCC. The number of hydrogen-bond donors (Lipinski definition) is 0. The summed E-state index contributed by atoms with van der Waals surface area (Å²) in [5.41, 5.74) is 0. The van der Waals surface area contributed by atoms with E-state index in [4.69, 9.17) is 0 Å². The van der Waals surface area contributed by atoms with E-state index in [9.17, 15) is 0 Å². The van der Waals surface area contributed by atoms with Gasteiger partial charge in [-0.15, -0.1) is 0 Å². The van der Waals surface area contributed by atoms with Crippen LogP contribution in [-0.2, 0) is 0 Å². The third-order valence-electron chi connectivity index (χ3n) is 6.72. The van der Waals surface area contributed by atoms with Crippen molar-refractivity contribution >= 4 is 0 Å². The Morgan fingerprint density at radius 1 is 0.483 bits per heavy atom. The van der Waals surface area contributed by atoms with Gasteiger partial charge >= 0.3 is 0 Å². The summed E-state index contributed by atoms with van der Waals surface area (Å²) < 4.78 is 1.23. The van der Waals surface area contributed by atoms with Crippen LogP contribution in [0.4, 0.5) is 0 Å². The molecule has 0 fully saturated rings. The molecule has 176 valence electrons. The summed E-state index contributed by atoms with van der Waals surface area (Å²) in [6.07, 6.45) is 29.0. The maximum atomic E-state index is 2.49. The van der Waals surface area contributed by atoms with Crippen molar-refractivity contribution in [1.29, 1.82) is 0 Å². The maximum Gasteiger partial charge on any atom is 0.0808 e. The Balaban J connectivity index is 3.48. The van der Waals surface area contributed by atoms with Gasteiger partial charge in [-0.2, -0.15) is 0 Å². The maximum absolute atomic E-state index is 2.49. The molecule has 1 unspecified atom stereocenters. The monoisotopic (exact) mass is 410 g/mol. The normalized spacial score (nSPS) is 13.1. The van der Waals surface area contributed by atoms with Gasteiger partial charge in [-0.3, -0.25) is 0 Å². The Morgan fingerprint density at radius 3 is 1.24 bits per heavy atom. The molecule has 1 heteroatoms.